The Bertz CT molecular complexity index is 917. The van der Waals surface area contributed by atoms with Gasteiger partial charge in [0.05, 0.1) is 6.61 Å². The Balaban J connectivity index is 1.27. The zero-order valence-electron chi connectivity index (χ0n) is 14.9. The highest BCUT2D eigenvalue weighted by Crippen LogP contribution is 2.26. The molecule has 5 nitrogen and oxygen atoms in total. The van der Waals surface area contributed by atoms with Crippen molar-refractivity contribution < 1.29 is 18.8 Å². The molecule has 1 N–H and O–H groups in total. The molecule has 0 spiro atoms. The lowest BCUT2D eigenvalue weighted by Crippen LogP contribution is -2.23. The molecular formula is C22H21NO4. The van der Waals surface area contributed by atoms with Crippen LogP contribution in [0, 0.1) is 0 Å². The van der Waals surface area contributed by atoms with Crippen LogP contribution in [0.5, 0.6) is 5.75 Å². The first-order valence-electron chi connectivity index (χ1n) is 9.07. The molecule has 1 aromatic heterocycles. The fourth-order valence-corrected chi connectivity index (χ4v) is 3.18. The van der Waals surface area contributed by atoms with E-state index in [4.69, 9.17) is 14.0 Å². The molecule has 0 saturated carbocycles. The smallest absolute Gasteiger partial charge is 0.310 e. The Kier molecular flexibility index (Phi) is 5.21. The van der Waals surface area contributed by atoms with Crippen LogP contribution < -0.4 is 10.2 Å². The predicted molar refractivity (Wildman–Crippen MR) is 100 cm³/mol. The molecule has 1 amide bonds. The number of rotatable bonds is 7. The number of amides is 1. The maximum absolute atomic E-state index is 12.1. The minimum atomic E-state index is -0.422. The normalized spacial score (nSPS) is 12.6. The van der Waals surface area contributed by atoms with E-state index >= 15 is 0 Å². The second-order valence-electron chi connectivity index (χ2n) is 6.54. The van der Waals surface area contributed by atoms with Crippen LogP contribution in [0.2, 0.25) is 0 Å². The van der Waals surface area contributed by atoms with Gasteiger partial charge in [-0.25, -0.2) is 5.48 Å². The largest absolute Gasteiger partial charge is 0.486 e. The number of fused-ring (bicyclic) bond motifs is 1. The summed E-state index contributed by atoms with van der Waals surface area (Å²) in [6.45, 7) is 0.568. The zero-order valence-corrected chi connectivity index (χ0v) is 14.9. The summed E-state index contributed by atoms with van der Waals surface area (Å²) in [5.41, 5.74) is 6.14. The summed E-state index contributed by atoms with van der Waals surface area (Å²) in [7, 11) is 0. The molecule has 4 rings (SSSR count). The third kappa shape index (κ3) is 4.38. The first-order valence-corrected chi connectivity index (χ1v) is 9.07. The Hall–Kier alpha value is -3.05. The summed E-state index contributed by atoms with van der Waals surface area (Å²) in [5, 5.41) is 0. The van der Waals surface area contributed by atoms with Gasteiger partial charge in [0.25, 0.3) is 0 Å². The van der Waals surface area contributed by atoms with Crippen molar-refractivity contribution in [3.05, 3.63) is 88.9 Å². The highest BCUT2D eigenvalue weighted by Gasteiger charge is 2.13. The molecule has 1 heterocycles. The maximum Gasteiger partial charge on any atom is 0.310 e. The van der Waals surface area contributed by atoms with E-state index in [1.165, 1.54) is 17.5 Å². The minimum absolute atomic E-state index is 0.190. The van der Waals surface area contributed by atoms with Gasteiger partial charge in [-0.05, 0) is 60.2 Å². The van der Waals surface area contributed by atoms with Gasteiger partial charge in [-0.15, -0.1) is 0 Å². The molecule has 0 fully saturated rings. The molecule has 3 aromatic rings. The van der Waals surface area contributed by atoms with Crippen molar-refractivity contribution in [3.63, 3.8) is 0 Å². The van der Waals surface area contributed by atoms with Crippen LogP contribution >= 0.6 is 0 Å². The Morgan fingerprint density at radius 2 is 1.81 bits per heavy atom. The van der Waals surface area contributed by atoms with Gasteiger partial charge in [-0.3, -0.25) is 9.63 Å². The van der Waals surface area contributed by atoms with Gasteiger partial charge in [-0.2, -0.15) is 0 Å². The lowest BCUT2D eigenvalue weighted by atomic mass is 10.1. The molecule has 138 valence electrons. The number of hydrogen-bond donors (Lipinski definition) is 1. The number of aryl methyl sites for hydroxylation is 2. The number of hydrogen-bond acceptors (Lipinski definition) is 4. The number of carbonyl (C=O) groups is 1. The molecule has 1 aliphatic rings. The van der Waals surface area contributed by atoms with Crippen LogP contribution in [0.15, 0.2) is 65.1 Å². The molecule has 0 unspecified atom stereocenters. The van der Waals surface area contributed by atoms with Gasteiger partial charge in [0, 0.05) is 0 Å². The number of nitrogens with one attached hydrogen (secondary N) is 1. The standard InChI is InChI=1S/C22H21NO4/c24-22(23-26-14-16-5-2-1-3-6-16)21-12-11-20(27-21)15-25-19-10-9-17-7-4-8-18(17)13-19/h1-3,5-6,9-13H,4,7-8,14-15H2,(H,23,24). The van der Waals surface area contributed by atoms with Gasteiger partial charge in [0.2, 0.25) is 0 Å². The SMILES string of the molecule is O=C(NOCc1ccccc1)c1ccc(COc2ccc3c(c2)CCC3)o1. The van der Waals surface area contributed by atoms with Crippen molar-refractivity contribution in [2.45, 2.75) is 32.5 Å². The minimum Gasteiger partial charge on any atom is -0.486 e. The lowest BCUT2D eigenvalue weighted by Gasteiger charge is -2.07. The summed E-state index contributed by atoms with van der Waals surface area (Å²) in [4.78, 5) is 17.3. The number of ether oxygens (including phenoxy) is 1. The van der Waals surface area contributed by atoms with Crippen LogP contribution in [-0.4, -0.2) is 5.91 Å². The van der Waals surface area contributed by atoms with Crippen molar-refractivity contribution in [1.29, 1.82) is 0 Å². The van der Waals surface area contributed by atoms with Gasteiger partial charge in [-0.1, -0.05) is 36.4 Å². The first kappa shape index (κ1) is 17.4. The molecule has 0 saturated heterocycles. The van der Waals surface area contributed by atoms with Crippen molar-refractivity contribution in [3.8, 4) is 5.75 Å². The Labute approximate surface area is 157 Å². The number of hydroxylamine groups is 1. The molecule has 27 heavy (non-hydrogen) atoms. The third-order valence-electron chi connectivity index (χ3n) is 4.58. The summed E-state index contributed by atoms with van der Waals surface area (Å²) in [6.07, 6.45) is 3.47. The molecule has 0 radical (unpaired) electrons. The van der Waals surface area contributed by atoms with Crippen molar-refractivity contribution >= 4 is 5.91 Å². The van der Waals surface area contributed by atoms with E-state index in [1.54, 1.807) is 12.1 Å². The van der Waals surface area contributed by atoms with Crippen molar-refractivity contribution in [2.75, 3.05) is 0 Å². The first-order chi connectivity index (χ1) is 13.3. The molecule has 2 aromatic carbocycles. The summed E-state index contributed by atoms with van der Waals surface area (Å²) >= 11 is 0. The van der Waals surface area contributed by atoms with Gasteiger partial charge in [0.1, 0.15) is 18.1 Å². The molecule has 1 aliphatic carbocycles. The highest BCUT2D eigenvalue weighted by molar-refractivity contribution is 5.90. The topological polar surface area (TPSA) is 60.7 Å². The van der Waals surface area contributed by atoms with Crippen LogP contribution in [0.1, 0.15) is 39.4 Å². The van der Waals surface area contributed by atoms with E-state index in [0.717, 1.165) is 24.2 Å². The van der Waals surface area contributed by atoms with E-state index in [1.807, 2.05) is 36.4 Å². The van der Waals surface area contributed by atoms with Crippen molar-refractivity contribution in [1.82, 2.24) is 5.48 Å². The number of carbonyl (C=O) groups excluding carboxylic acids is 1. The van der Waals surface area contributed by atoms with Crippen molar-refractivity contribution in [2.24, 2.45) is 0 Å². The Morgan fingerprint density at radius 1 is 0.963 bits per heavy atom. The predicted octanol–water partition coefficient (Wildman–Crippen LogP) is 4.21. The lowest BCUT2D eigenvalue weighted by molar-refractivity contribution is 0.0210. The van der Waals surface area contributed by atoms with Crippen LogP contribution in [0.4, 0.5) is 0 Å². The summed E-state index contributed by atoms with van der Waals surface area (Å²) in [6, 6.07) is 19.2. The van der Waals surface area contributed by atoms with Gasteiger partial charge in [0.15, 0.2) is 5.76 Å². The zero-order chi connectivity index (χ0) is 18.5. The van der Waals surface area contributed by atoms with Crippen LogP contribution in [0.25, 0.3) is 0 Å². The molecule has 0 aliphatic heterocycles. The molecule has 0 atom stereocenters. The third-order valence-corrected chi connectivity index (χ3v) is 4.58. The monoisotopic (exact) mass is 363 g/mol. The van der Waals surface area contributed by atoms with E-state index in [2.05, 4.69) is 17.6 Å². The average molecular weight is 363 g/mol. The number of benzene rings is 2. The summed E-state index contributed by atoms with van der Waals surface area (Å²) in [5.74, 6) is 1.18. The van der Waals surface area contributed by atoms with E-state index in [0.29, 0.717) is 12.4 Å². The Morgan fingerprint density at radius 3 is 2.70 bits per heavy atom. The van der Waals surface area contributed by atoms with E-state index in [9.17, 15) is 4.79 Å². The average Bonchev–Trinajstić information content (AvgIpc) is 3.36. The van der Waals surface area contributed by atoms with Gasteiger partial charge < -0.3 is 9.15 Å². The van der Waals surface area contributed by atoms with Crippen LogP contribution in [-0.2, 0) is 30.9 Å². The highest BCUT2D eigenvalue weighted by atomic mass is 16.7. The van der Waals surface area contributed by atoms with Gasteiger partial charge >= 0.3 is 5.91 Å². The van der Waals surface area contributed by atoms with Crippen LogP contribution in [0.3, 0.4) is 0 Å². The fourth-order valence-electron chi connectivity index (χ4n) is 3.18. The fraction of sp³-hybridized carbons (Fsp3) is 0.227. The second-order valence-corrected chi connectivity index (χ2v) is 6.54. The van der Waals surface area contributed by atoms with E-state index < -0.39 is 5.91 Å². The quantitative estimate of drug-likeness (QED) is 0.639. The molecule has 5 heteroatoms. The molecule has 0 bridgehead atoms. The van der Waals surface area contributed by atoms with E-state index in [-0.39, 0.29) is 12.4 Å². The summed E-state index contributed by atoms with van der Waals surface area (Å²) < 4.78 is 11.3. The maximum atomic E-state index is 12.1. The molecular weight excluding hydrogens is 342 g/mol. The second kappa shape index (κ2) is 8.10. The number of furan rings is 1.